The highest BCUT2D eigenvalue weighted by Crippen LogP contribution is 2.31. The van der Waals surface area contributed by atoms with Gasteiger partial charge in [-0.25, -0.2) is 4.68 Å². The second-order valence-electron chi connectivity index (χ2n) is 9.52. The molecule has 8 heteroatoms. The quantitative estimate of drug-likeness (QED) is 0.344. The Morgan fingerprint density at radius 1 is 0.974 bits per heavy atom. The van der Waals surface area contributed by atoms with E-state index >= 15 is 0 Å². The van der Waals surface area contributed by atoms with Gasteiger partial charge in [-0.1, -0.05) is 50.2 Å². The minimum atomic E-state index is -0.646. The first-order chi connectivity index (χ1) is 18.9. The third-order valence-corrected chi connectivity index (χ3v) is 7.36. The van der Waals surface area contributed by atoms with E-state index in [0.717, 1.165) is 30.9 Å². The van der Waals surface area contributed by atoms with Gasteiger partial charge in [0.25, 0.3) is 11.8 Å². The molecule has 3 aromatic carbocycles. The topological polar surface area (TPSA) is 93.7 Å². The van der Waals surface area contributed by atoms with E-state index in [4.69, 9.17) is 10.5 Å². The maximum Gasteiger partial charge on any atom is 0.277 e. The lowest BCUT2D eigenvalue weighted by molar-refractivity contribution is 0.0972. The number of rotatable bonds is 9. The molecule has 0 unspecified atom stereocenters. The molecule has 0 atom stereocenters. The van der Waals surface area contributed by atoms with Crippen molar-refractivity contribution in [2.75, 3.05) is 31.6 Å². The van der Waals surface area contributed by atoms with Gasteiger partial charge in [0, 0.05) is 24.3 Å². The third-order valence-electron chi connectivity index (χ3n) is 7.36. The molecule has 1 aliphatic heterocycles. The first-order valence-electron chi connectivity index (χ1n) is 13.2. The maximum absolute atomic E-state index is 13.8. The molecule has 4 aromatic rings. The van der Waals surface area contributed by atoms with Gasteiger partial charge in [0.05, 0.1) is 12.8 Å². The second kappa shape index (κ2) is 11.1. The smallest absolute Gasteiger partial charge is 0.277 e. The van der Waals surface area contributed by atoms with E-state index in [1.165, 1.54) is 15.8 Å². The molecule has 0 bridgehead atoms. The van der Waals surface area contributed by atoms with Crippen molar-refractivity contribution in [2.24, 2.45) is 5.73 Å². The van der Waals surface area contributed by atoms with Crippen LogP contribution in [0.3, 0.4) is 0 Å². The van der Waals surface area contributed by atoms with Crippen molar-refractivity contribution in [3.63, 3.8) is 0 Å². The molecule has 0 aliphatic carbocycles. The molecule has 8 nitrogen and oxygen atoms in total. The predicted octanol–water partition coefficient (Wildman–Crippen LogP) is 4.69. The van der Waals surface area contributed by atoms with Crippen LogP contribution in [0.5, 0.6) is 5.75 Å². The molecule has 0 spiro atoms. The van der Waals surface area contributed by atoms with E-state index in [0.29, 0.717) is 35.7 Å². The Morgan fingerprint density at radius 3 is 2.28 bits per heavy atom. The summed E-state index contributed by atoms with van der Waals surface area (Å²) in [6.07, 6.45) is 0.476. The Kier molecular flexibility index (Phi) is 7.47. The first kappa shape index (κ1) is 26.2. The number of hydrogen-bond acceptors (Lipinski definition) is 5. The van der Waals surface area contributed by atoms with Crippen LogP contribution in [0.25, 0.3) is 16.8 Å². The molecule has 2 N–H and O–H groups in total. The molecule has 2 heterocycles. The fraction of sp³-hybridized carbons (Fsp3) is 0.258. The Morgan fingerprint density at radius 2 is 1.64 bits per heavy atom. The maximum atomic E-state index is 13.8. The number of benzene rings is 3. The van der Waals surface area contributed by atoms with E-state index < -0.39 is 5.91 Å². The van der Waals surface area contributed by atoms with E-state index in [1.54, 1.807) is 36.3 Å². The summed E-state index contributed by atoms with van der Waals surface area (Å²) in [5.41, 5.74) is 11.7. The summed E-state index contributed by atoms with van der Waals surface area (Å²) in [7, 11) is 1.59. The zero-order valence-corrected chi connectivity index (χ0v) is 22.6. The highest BCUT2D eigenvalue weighted by molar-refractivity contribution is 6.09. The van der Waals surface area contributed by atoms with Crippen molar-refractivity contribution in [2.45, 2.75) is 26.8 Å². The second-order valence-corrected chi connectivity index (χ2v) is 9.52. The minimum Gasteiger partial charge on any atom is -0.497 e. The Hall–Kier alpha value is -4.43. The number of aromatic nitrogens is 2. The van der Waals surface area contributed by atoms with E-state index in [2.05, 4.69) is 60.2 Å². The zero-order chi connectivity index (χ0) is 27.5. The molecule has 0 saturated carbocycles. The predicted molar refractivity (Wildman–Crippen MR) is 153 cm³/mol. The lowest BCUT2D eigenvalue weighted by atomic mass is 9.98. The number of nitrogens with zero attached hydrogens (tertiary/aromatic N) is 4. The van der Waals surface area contributed by atoms with Gasteiger partial charge in [0.2, 0.25) is 0 Å². The van der Waals surface area contributed by atoms with Crippen molar-refractivity contribution < 1.29 is 14.3 Å². The summed E-state index contributed by atoms with van der Waals surface area (Å²) < 4.78 is 6.77. The van der Waals surface area contributed by atoms with Gasteiger partial charge in [0.1, 0.15) is 11.4 Å². The van der Waals surface area contributed by atoms with Gasteiger partial charge in [-0.15, -0.1) is 0 Å². The van der Waals surface area contributed by atoms with Crippen LogP contribution < -0.4 is 15.4 Å². The van der Waals surface area contributed by atoms with E-state index in [9.17, 15) is 9.59 Å². The molecule has 0 saturated heterocycles. The standard InChI is InChI=1S/C31H33N5O3/c1-4-34(5-2)20-22-8-6-7-9-26(22)21-10-12-23(13-11-21)35-19-18-27-28(30(32)37)33-36(29(27)31(35)38)24-14-16-25(39-3)17-15-24/h6-17H,4-5,18-20H2,1-3H3,(H2,32,37). The fourth-order valence-electron chi connectivity index (χ4n) is 5.16. The van der Waals surface area contributed by atoms with Crippen LogP contribution >= 0.6 is 0 Å². The SMILES string of the molecule is CCN(CC)Cc1ccccc1-c1ccc(N2CCc3c(C(N)=O)nn(-c4ccc(OC)cc4)c3C2=O)cc1. The van der Waals surface area contributed by atoms with Crippen molar-refractivity contribution in [3.05, 3.63) is 95.3 Å². The molecule has 0 radical (unpaired) electrons. The summed E-state index contributed by atoms with van der Waals surface area (Å²) in [4.78, 5) is 30.2. The molecule has 200 valence electrons. The number of primary amides is 1. The van der Waals surface area contributed by atoms with Gasteiger partial charge in [-0.05, 0) is 72.6 Å². The number of amides is 2. The number of nitrogens with two attached hydrogens (primary N) is 1. The fourth-order valence-corrected chi connectivity index (χ4v) is 5.16. The highest BCUT2D eigenvalue weighted by Gasteiger charge is 2.34. The number of carbonyl (C=O) groups excluding carboxylic acids is 2. The van der Waals surface area contributed by atoms with Crippen LogP contribution in [0.15, 0.2) is 72.8 Å². The normalized spacial score (nSPS) is 13.0. The first-order valence-corrected chi connectivity index (χ1v) is 13.2. The van der Waals surface area contributed by atoms with Gasteiger partial charge >= 0.3 is 0 Å². The Bertz CT molecular complexity index is 1490. The Labute approximate surface area is 228 Å². The number of methoxy groups -OCH3 is 1. The molecule has 1 aromatic heterocycles. The van der Waals surface area contributed by atoms with Crippen molar-refractivity contribution in [1.29, 1.82) is 0 Å². The van der Waals surface area contributed by atoms with Crippen LogP contribution in [-0.2, 0) is 13.0 Å². The van der Waals surface area contributed by atoms with Crippen LogP contribution in [0.4, 0.5) is 5.69 Å². The van der Waals surface area contributed by atoms with Gasteiger partial charge in [0.15, 0.2) is 5.69 Å². The van der Waals surface area contributed by atoms with Gasteiger partial charge < -0.3 is 15.4 Å². The van der Waals surface area contributed by atoms with Crippen LogP contribution in [0, 0.1) is 0 Å². The van der Waals surface area contributed by atoms with Crippen LogP contribution in [-0.4, -0.2) is 53.2 Å². The molecular weight excluding hydrogens is 490 g/mol. The molecule has 39 heavy (non-hydrogen) atoms. The van der Waals surface area contributed by atoms with Crippen molar-refractivity contribution in [1.82, 2.24) is 14.7 Å². The van der Waals surface area contributed by atoms with Crippen LogP contribution in [0.1, 0.15) is 46.0 Å². The number of fused-ring (bicyclic) bond motifs is 1. The molecular formula is C31H33N5O3. The zero-order valence-electron chi connectivity index (χ0n) is 22.6. The minimum absolute atomic E-state index is 0.133. The van der Waals surface area contributed by atoms with Crippen molar-refractivity contribution >= 4 is 17.5 Å². The lowest BCUT2D eigenvalue weighted by Gasteiger charge is -2.28. The summed E-state index contributed by atoms with van der Waals surface area (Å²) in [6, 6.07) is 23.7. The molecule has 5 rings (SSSR count). The third kappa shape index (κ3) is 5.03. The number of carbonyl (C=O) groups is 2. The van der Waals surface area contributed by atoms with Gasteiger partial charge in [-0.2, -0.15) is 5.10 Å². The number of hydrogen-bond donors (Lipinski definition) is 1. The van der Waals surface area contributed by atoms with Crippen LogP contribution in [0.2, 0.25) is 0 Å². The summed E-state index contributed by atoms with van der Waals surface area (Å²) in [6.45, 7) is 7.65. The van der Waals surface area contributed by atoms with E-state index in [1.807, 2.05) is 12.1 Å². The molecule has 1 aliphatic rings. The summed E-state index contributed by atoms with van der Waals surface area (Å²) >= 11 is 0. The monoisotopic (exact) mass is 523 g/mol. The average Bonchev–Trinajstić information content (AvgIpc) is 3.37. The lowest BCUT2D eigenvalue weighted by Crippen LogP contribution is -2.39. The largest absolute Gasteiger partial charge is 0.497 e. The molecule has 0 fully saturated rings. The summed E-state index contributed by atoms with van der Waals surface area (Å²) in [5, 5.41) is 4.45. The Balaban J connectivity index is 1.47. The number of ether oxygens (including phenoxy) is 1. The van der Waals surface area contributed by atoms with E-state index in [-0.39, 0.29) is 11.6 Å². The average molecular weight is 524 g/mol. The highest BCUT2D eigenvalue weighted by atomic mass is 16.5. The molecule has 2 amide bonds. The summed E-state index contributed by atoms with van der Waals surface area (Å²) in [5.74, 6) is -0.184. The van der Waals surface area contributed by atoms with Gasteiger partial charge in [-0.3, -0.25) is 14.5 Å². The van der Waals surface area contributed by atoms with Crippen molar-refractivity contribution in [3.8, 4) is 22.6 Å². The number of anilines is 1.